The number of carbonyl (C=O) groups excluding carboxylic acids is 1. The highest BCUT2D eigenvalue weighted by Crippen LogP contribution is 2.33. The summed E-state index contributed by atoms with van der Waals surface area (Å²) in [5, 5.41) is 0. The van der Waals surface area contributed by atoms with E-state index >= 15 is 0 Å². The van der Waals surface area contributed by atoms with Crippen LogP contribution in [0, 0.1) is 5.41 Å². The number of hydrogen-bond donors (Lipinski definition) is 1. The Bertz CT molecular complexity index is 355. The molecule has 1 unspecified atom stereocenters. The highest BCUT2D eigenvalue weighted by atomic mass is 16.5. The molecule has 0 spiro atoms. The molecule has 0 aromatic carbocycles. The van der Waals surface area contributed by atoms with Crippen molar-refractivity contribution in [2.75, 3.05) is 45.9 Å². The summed E-state index contributed by atoms with van der Waals surface area (Å²) in [6.07, 6.45) is 5.19. The SMILES string of the molecule is NCC1(C(=O)N2CCCN3CCCC3C2)CCOCC1. The second kappa shape index (κ2) is 6.00. The van der Waals surface area contributed by atoms with Gasteiger partial charge in [0.25, 0.3) is 0 Å². The molecule has 0 aromatic heterocycles. The summed E-state index contributed by atoms with van der Waals surface area (Å²) in [7, 11) is 0. The molecule has 3 aliphatic heterocycles. The van der Waals surface area contributed by atoms with Gasteiger partial charge in [-0.25, -0.2) is 0 Å². The Kier molecular flexibility index (Phi) is 4.29. The molecule has 3 aliphatic rings. The fourth-order valence-corrected chi connectivity index (χ4v) is 3.99. The quantitative estimate of drug-likeness (QED) is 0.798. The van der Waals surface area contributed by atoms with Crippen LogP contribution in [0.1, 0.15) is 32.1 Å². The maximum absolute atomic E-state index is 13.0. The van der Waals surface area contributed by atoms with Crippen LogP contribution in [0.25, 0.3) is 0 Å². The first-order valence-electron chi connectivity index (χ1n) is 8.06. The largest absolute Gasteiger partial charge is 0.381 e. The molecule has 3 fully saturated rings. The second-order valence-corrected chi connectivity index (χ2v) is 6.53. The third-order valence-corrected chi connectivity index (χ3v) is 5.39. The van der Waals surface area contributed by atoms with Gasteiger partial charge in [-0.2, -0.15) is 0 Å². The van der Waals surface area contributed by atoms with Crippen LogP contribution in [0.4, 0.5) is 0 Å². The van der Waals surface area contributed by atoms with Gasteiger partial charge < -0.3 is 15.4 Å². The van der Waals surface area contributed by atoms with Crippen molar-refractivity contribution in [1.82, 2.24) is 9.80 Å². The van der Waals surface area contributed by atoms with Gasteiger partial charge in [-0.05, 0) is 38.6 Å². The minimum absolute atomic E-state index is 0.289. The van der Waals surface area contributed by atoms with E-state index in [1.54, 1.807) is 0 Å². The summed E-state index contributed by atoms with van der Waals surface area (Å²) in [6.45, 7) is 5.96. The maximum atomic E-state index is 13.0. The van der Waals surface area contributed by atoms with Gasteiger partial charge in [0.2, 0.25) is 5.91 Å². The van der Waals surface area contributed by atoms with Crippen LogP contribution >= 0.6 is 0 Å². The molecule has 3 heterocycles. The molecule has 0 aromatic rings. The van der Waals surface area contributed by atoms with Crippen LogP contribution in [-0.4, -0.2) is 67.7 Å². The summed E-state index contributed by atoms with van der Waals surface area (Å²) < 4.78 is 5.42. The van der Waals surface area contributed by atoms with Gasteiger partial charge >= 0.3 is 0 Å². The highest BCUT2D eigenvalue weighted by Gasteiger charge is 2.43. The molecule has 5 heteroatoms. The van der Waals surface area contributed by atoms with Crippen LogP contribution in [-0.2, 0) is 9.53 Å². The van der Waals surface area contributed by atoms with Gasteiger partial charge in [0.15, 0.2) is 0 Å². The van der Waals surface area contributed by atoms with Crippen LogP contribution in [0.15, 0.2) is 0 Å². The molecule has 1 amide bonds. The van der Waals surface area contributed by atoms with Crippen LogP contribution < -0.4 is 5.73 Å². The molecule has 114 valence electrons. The number of hydrogen-bond acceptors (Lipinski definition) is 4. The standard InChI is InChI=1S/C15H27N3O2/c16-12-15(4-9-20-10-5-15)14(19)18-8-2-7-17-6-1-3-13(17)11-18/h13H,1-12,16H2. The first-order valence-corrected chi connectivity index (χ1v) is 8.06. The van der Waals surface area contributed by atoms with Crippen molar-refractivity contribution in [1.29, 1.82) is 0 Å². The Hall–Kier alpha value is -0.650. The number of amides is 1. The van der Waals surface area contributed by atoms with E-state index in [4.69, 9.17) is 10.5 Å². The zero-order valence-electron chi connectivity index (χ0n) is 12.4. The molecule has 0 radical (unpaired) electrons. The van der Waals surface area contributed by atoms with Gasteiger partial charge in [-0.15, -0.1) is 0 Å². The van der Waals surface area contributed by atoms with Crippen LogP contribution in [0.3, 0.4) is 0 Å². The lowest BCUT2D eigenvalue weighted by atomic mass is 9.78. The lowest BCUT2D eigenvalue weighted by Crippen LogP contribution is -2.52. The fourth-order valence-electron chi connectivity index (χ4n) is 3.99. The third kappa shape index (κ3) is 2.59. The topological polar surface area (TPSA) is 58.8 Å². The maximum Gasteiger partial charge on any atom is 0.230 e. The minimum Gasteiger partial charge on any atom is -0.381 e. The van der Waals surface area contributed by atoms with E-state index in [1.807, 2.05) is 0 Å². The van der Waals surface area contributed by atoms with Gasteiger partial charge in [0, 0.05) is 45.4 Å². The molecule has 5 nitrogen and oxygen atoms in total. The summed E-state index contributed by atoms with van der Waals surface area (Å²) in [5.74, 6) is 0.289. The summed E-state index contributed by atoms with van der Waals surface area (Å²) in [4.78, 5) is 17.7. The van der Waals surface area contributed by atoms with Crippen LogP contribution in [0.2, 0.25) is 0 Å². The first-order chi connectivity index (χ1) is 9.75. The Labute approximate surface area is 121 Å². The lowest BCUT2D eigenvalue weighted by Gasteiger charge is -2.39. The summed E-state index contributed by atoms with van der Waals surface area (Å²) in [5.41, 5.74) is 5.62. The molecular weight excluding hydrogens is 254 g/mol. The molecule has 2 N–H and O–H groups in total. The first kappa shape index (κ1) is 14.3. The summed E-state index contributed by atoms with van der Waals surface area (Å²) >= 11 is 0. The Balaban J connectivity index is 1.71. The molecular formula is C15H27N3O2. The average molecular weight is 281 g/mol. The minimum atomic E-state index is -0.355. The number of nitrogens with zero attached hydrogens (tertiary/aromatic N) is 2. The fraction of sp³-hybridized carbons (Fsp3) is 0.933. The number of nitrogens with two attached hydrogens (primary N) is 1. The van der Waals surface area contributed by atoms with Gasteiger partial charge in [-0.1, -0.05) is 0 Å². The Morgan fingerprint density at radius 1 is 1.20 bits per heavy atom. The van der Waals surface area contributed by atoms with Crippen molar-refractivity contribution < 1.29 is 9.53 Å². The van der Waals surface area contributed by atoms with Crippen LogP contribution in [0.5, 0.6) is 0 Å². The van der Waals surface area contributed by atoms with E-state index in [-0.39, 0.29) is 11.3 Å². The lowest BCUT2D eigenvalue weighted by molar-refractivity contribution is -0.147. The molecule has 20 heavy (non-hydrogen) atoms. The zero-order valence-corrected chi connectivity index (χ0v) is 12.4. The van der Waals surface area contributed by atoms with Crippen molar-refractivity contribution >= 4 is 5.91 Å². The number of rotatable bonds is 2. The van der Waals surface area contributed by atoms with E-state index in [1.165, 1.54) is 19.4 Å². The van der Waals surface area contributed by atoms with E-state index in [0.29, 0.717) is 25.8 Å². The molecule has 0 bridgehead atoms. The predicted molar refractivity (Wildman–Crippen MR) is 77.3 cm³/mol. The smallest absolute Gasteiger partial charge is 0.230 e. The Morgan fingerprint density at radius 3 is 2.70 bits per heavy atom. The average Bonchev–Trinajstić information content (AvgIpc) is 2.84. The van der Waals surface area contributed by atoms with Crippen molar-refractivity contribution in [2.24, 2.45) is 11.1 Å². The van der Waals surface area contributed by atoms with E-state index < -0.39 is 0 Å². The second-order valence-electron chi connectivity index (χ2n) is 6.53. The highest BCUT2D eigenvalue weighted by molar-refractivity contribution is 5.83. The normalized spacial score (nSPS) is 30.9. The number of carbonyl (C=O) groups is 1. The van der Waals surface area contributed by atoms with Gasteiger partial charge in [-0.3, -0.25) is 9.69 Å². The van der Waals surface area contributed by atoms with Gasteiger partial charge in [0.05, 0.1) is 5.41 Å². The monoisotopic (exact) mass is 281 g/mol. The molecule has 3 rings (SSSR count). The molecule has 0 saturated carbocycles. The number of ether oxygens (including phenoxy) is 1. The predicted octanol–water partition coefficient (Wildman–Crippen LogP) is 0.439. The van der Waals surface area contributed by atoms with Crippen molar-refractivity contribution in [2.45, 2.75) is 38.1 Å². The Morgan fingerprint density at radius 2 is 1.95 bits per heavy atom. The van der Waals surface area contributed by atoms with Crippen molar-refractivity contribution in [3.8, 4) is 0 Å². The molecule has 3 saturated heterocycles. The third-order valence-electron chi connectivity index (χ3n) is 5.39. The molecule has 1 atom stereocenters. The van der Waals surface area contributed by atoms with Crippen molar-refractivity contribution in [3.05, 3.63) is 0 Å². The van der Waals surface area contributed by atoms with Crippen molar-refractivity contribution in [3.63, 3.8) is 0 Å². The number of fused-ring (bicyclic) bond motifs is 1. The van der Waals surface area contributed by atoms with E-state index in [2.05, 4.69) is 9.80 Å². The van der Waals surface area contributed by atoms with E-state index in [0.717, 1.165) is 38.9 Å². The van der Waals surface area contributed by atoms with Gasteiger partial charge in [0.1, 0.15) is 0 Å². The zero-order chi connectivity index (χ0) is 14.0. The summed E-state index contributed by atoms with van der Waals surface area (Å²) in [6, 6.07) is 0.580. The molecule has 0 aliphatic carbocycles. The van der Waals surface area contributed by atoms with E-state index in [9.17, 15) is 4.79 Å².